The largest absolute Gasteiger partial charge is 0.467 e. The Morgan fingerprint density at radius 1 is 1.48 bits per heavy atom. The third kappa shape index (κ3) is 3.41. The van der Waals surface area contributed by atoms with Crippen LogP contribution in [-0.2, 0) is 19.4 Å². The summed E-state index contributed by atoms with van der Waals surface area (Å²) in [6, 6.07) is 2.97. The summed E-state index contributed by atoms with van der Waals surface area (Å²) in [7, 11) is -3.05. The molecule has 1 N–H and O–H groups in total. The number of nitrogens with one attached hydrogen (secondary N) is 1. The molecule has 0 aliphatic carbocycles. The molecule has 3 atom stereocenters. The number of hydrogen-bond donors (Lipinski definition) is 1. The van der Waals surface area contributed by atoms with E-state index >= 15 is 0 Å². The summed E-state index contributed by atoms with van der Waals surface area (Å²) in [5.41, 5.74) is 0. The summed E-state index contributed by atoms with van der Waals surface area (Å²) in [6.07, 6.45) is 2.14. The molecule has 2 aliphatic heterocycles. The lowest BCUT2D eigenvalue weighted by atomic mass is 10.1. The van der Waals surface area contributed by atoms with Crippen LogP contribution < -0.4 is 5.32 Å². The molecule has 126 valence electrons. The van der Waals surface area contributed by atoms with Gasteiger partial charge in [-0.25, -0.2) is 8.42 Å². The first-order chi connectivity index (χ1) is 10.9. The van der Waals surface area contributed by atoms with Crippen LogP contribution in [0.25, 0.3) is 0 Å². The molecular formula is C15H20N2O5S. The van der Waals surface area contributed by atoms with Crippen LogP contribution in [0.2, 0.25) is 0 Å². The number of carbonyl (C=O) groups is 2. The summed E-state index contributed by atoms with van der Waals surface area (Å²) < 4.78 is 28.4. The smallest absolute Gasteiger partial charge is 0.226 e. The molecule has 1 aromatic heterocycles. The second-order valence-corrected chi connectivity index (χ2v) is 8.48. The van der Waals surface area contributed by atoms with Crippen molar-refractivity contribution in [2.45, 2.75) is 31.8 Å². The van der Waals surface area contributed by atoms with Gasteiger partial charge in [0.05, 0.1) is 29.7 Å². The standard InChI is InChI=1S/C15H20N2O5S/c1-10(13-3-2-5-22-13)16-15(19)11-7-14(18)17(8-11)12-4-6-23(20,21)9-12/h2-3,5,10-12H,4,6-9H2,1H3,(H,16,19)/t10-,11-,12+/m0/s1. The molecule has 2 amide bonds. The zero-order valence-corrected chi connectivity index (χ0v) is 13.7. The maximum atomic E-state index is 12.3. The predicted octanol–water partition coefficient (Wildman–Crippen LogP) is 0.492. The average molecular weight is 340 g/mol. The molecule has 3 heterocycles. The molecule has 2 aliphatic rings. The van der Waals surface area contributed by atoms with Gasteiger partial charge in [0.1, 0.15) is 5.76 Å². The predicted molar refractivity (Wildman–Crippen MR) is 82.1 cm³/mol. The first kappa shape index (κ1) is 16.0. The molecule has 8 heteroatoms. The van der Waals surface area contributed by atoms with E-state index in [-0.39, 0.29) is 48.4 Å². The van der Waals surface area contributed by atoms with Crippen molar-refractivity contribution in [1.29, 1.82) is 0 Å². The van der Waals surface area contributed by atoms with E-state index in [1.165, 1.54) is 0 Å². The Bertz CT molecular complexity index is 697. The summed E-state index contributed by atoms with van der Waals surface area (Å²) in [5.74, 6) is -0.00267. The van der Waals surface area contributed by atoms with E-state index in [0.717, 1.165) is 0 Å². The number of rotatable bonds is 4. The Kier molecular flexibility index (Phi) is 4.18. The molecule has 0 saturated carbocycles. The first-order valence-electron chi connectivity index (χ1n) is 7.69. The number of likely N-dealkylation sites (tertiary alicyclic amines) is 1. The Hall–Kier alpha value is -1.83. The van der Waals surface area contributed by atoms with Crippen molar-refractivity contribution >= 4 is 21.7 Å². The van der Waals surface area contributed by atoms with E-state index < -0.39 is 15.8 Å². The molecule has 0 spiro atoms. The molecule has 0 aromatic carbocycles. The van der Waals surface area contributed by atoms with Crippen molar-refractivity contribution in [1.82, 2.24) is 10.2 Å². The molecule has 7 nitrogen and oxygen atoms in total. The van der Waals surface area contributed by atoms with Crippen molar-refractivity contribution in [2.75, 3.05) is 18.1 Å². The Morgan fingerprint density at radius 2 is 2.26 bits per heavy atom. The second-order valence-electron chi connectivity index (χ2n) is 6.25. The van der Waals surface area contributed by atoms with Crippen LogP contribution in [0.4, 0.5) is 0 Å². The number of sulfone groups is 1. The van der Waals surface area contributed by atoms with E-state index in [9.17, 15) is 18.0 Å². The maximum absolute atomic E-state index is 12.3. The van der Waals surface area contributed by atoms with Gasteiger partial charge in [-0.3, -0.25) is 9.59 Å². The third-order valence-corrected chi connectivity index (χ3v) is 6.26. The minimum atomic E-state index is -3.05. The fourth-order valence-corrected chi connectivity index (χ4v) is 4.95. The van der Waals surface area contributed by atoms with Gasteiger partial charge in [0, 0.05) is 19.0 Å². The Labute approximate surface area is 134 Å². The molecule has 1 aromatic rings. The SMILES string of the molecule is C[C@H](NC(=O)[C@H]1CC(=O)N([C@@H]2CCS(=O)(=O)C2)C1)c1ccco1. The monoisotopic (exact) mass is 340 g/mol. The molecule has 2 saturated heterocycles. The molecule has 0 bridgehead atoms. The molecule has 3 rings (SSSR count). The lowest BCUT2D eigenvalue weighted by Crippen LogP contribution is -2.39. The molecule has 2 fully saturated rings. The van der Waals surface area contributed by atoms with Gasteiger partial charge in [-0.15, -0.1) is 0 Å². The van der Waals surface area contributed by atoms with Crippen LogP contribution in [0.3, 0.4) is 0 Å². The first-order valence-corrected chi connectivity index (χ1v) is 9.51. The highest BCUT2D eigenvalue weighted by atomic mass is 32.2. The van der Waals surface area contributed by atoms with E-state index in [1.54, 1.807) is 23.3 Å². The van der Waals surface area contributed by atoms with Crippen molar-refractivity contribution in [2.24, 2.45) is 5.92 Å². The topological polar surface area (TPSA) is 96.7 Å². The number of nitrogens with zero attached hydrogens (tertiary/aromatic N) is 1. The van der Waals surface area contributed by atoms with E-state index in [2.05, 4.69) is 5.32 Å². The zero-order valence-electron chi connectivity index (χ0n) is 12.9. The summed E-state index contributed by atoms with van der Waals surface area (Å²) in [5, 5.41) is 2.84. The van der Waals surface area contributed by atoms with Crippen LogP contribution in [0, 0.1) is 5.92 Å². The van der Waals surface area contributed by atoms with Crippen LogP contribution in [0.5, 0.6) is 0 Å². The number of furan rings is 1. The van der Waals surface area contributed by atoms with Crippen molar-refractivity contribution < 1.29 is 22.4 Å². The minimum absolute atomic E-state index is 0.00980. The highest BCUT2D eigenvalue weighted by Crippen LogP contribution is 2.26. The fraction of sp³-hybridized carbons (Fsp3) is 0.600. The Morgan fingerprint density at radius 3 is 2.87 bits per heavy atom. The van der Waals surface area contributed by atoms with Crippen LogP contribution in [0.15, 0.2) is 22.8 Å². The van der Waals surface area contributed by atoms with Crippen LogP contribution in [0.1, 0.15) is 31.6 Å². The molecule has 0 radical (unpaired) electrons. The number of hydrogen-bond acceptors (Lipinski definition) is 5. The van der Waals surface area contributed by atoms with Crippen molar-refractivity contribution in [3.8, 4) is 0 Å². The van der Waals surface area contributed by atoms with Gasteiger partial charge in [0.2, 0.25) is 11.8 Å². The van der Waals surface area contributed by atoms with Crippen LogP contribution >= 0.6 is 0 Å². The molecular weight excluding hydrogens is 320 g/mol. The van der Waals surface area contributed by atoms with Crippen molar-refractivity contribution in [3.05, 3.63) is 24.2 Å². The van der Waals surface area contributed by atoms with Crippen molar-refractivity contribution in [3.63, 3.8) is 0 Å². The summed E-state index contributed by atoms with van der Waals surface area (Å²) in [6.45, 7) is 2.10. The molecule has 0 unspecified atom stereocenters. The lowest BCUT2D eigenvalue weighted by Gasteiger charge is -2.23. The number of carbonyl (C=O) groups excluding carboxylic acids is 2. The van der Waals surface area contributed by atoms with E-state index in [1.807, 2.05) is 6.92 Å². The van der Waals surface area contributed by atoms with Gasteiger partial charge in [0.25, 0.3) is 0 Å². The average Bonchev–Trinajstić information content (AvgIpc) is 3.18. The zero-order chi connectivity index (χ0) is 16.6. The lowest BCUT2D eigenvalue weighted by molar-refractivity contribution is -0.130. The Balaban J connectivity index is 1.60. The maximum Gasteiger partial charge on any atom is 0.226 e. The van der Waals surface area contributed by atoms with Gasteiger partial charge in [-0.2, -0.15) is 0 Å². The van der Waals surface area contributed by atoms with Gasteiger partial charge < -0.3 is 14.6 Å². The van der Waals surface area contributed by atoms with Gasteiger partial charge in [-0.1, -0.05) is 0 Å². The normalized spacial score (nSPS) is 28.0. The van der Waals surface area contributed by atoms with E-state index in [4.69, 9.17) is 4.42 Å². The summed E-state index contributed by atoms with van der Waals surface area (Å²) >= 11 is 0. The van der Waals surface area contributed by atoms with Gasteiger partial charge in [0.15, 0.2) is 9.84 Å². The van der Waals surface area contributed by atoms with Crippen LogP contribution in [-0.4, -0.2) is 49.2 Å². The second kappa shape index (κ2) is 5.99. The minimum Gasteiger partial charge on any atom is -0.467 e. The quantitative estimate of drug-likeness (QED) is 0.860. The summed E-state index contributed by atoms with van der Waals surface area (Å²) in [4.78, 5) is 26.0. The third-order valence-electron chi connectivity index (χ3n) is 4.51. The molecule has 23 heavy (non-hydrogen) atoms. The van der Waals surface area contributed by atoms with Gasteiger partial charge >= 0.3 is 0 Å². The fourth-order valence-electron chi connectivity index (χ4n) is 3.22. The highest BCUT2D eigenvalue weighted by Gasteiger charge is 2.42. The van der Waals surface area contributed by atoms with E-state index in [0.29, 0.717) is 12.2 Å². The highest BCUT2D eigenvalue weighted by molar-refractivity contribution is 7.91. The van der Waals surface area contributed by atoms with Gasteiger partial charge in [-0.05, 0) is 25.5 Å². The number of amides is 2.